The minimum Gasteiger partial charge on any atom is -0.471 e. The molecule has 0 N–H and O–H groups in total. The number of ether oxygens (including phenoxy) is 4. The van der Waals surface area contributed by atoms with Crippen LogP contribution in [0.15, 0.2) is 60.7 Å². The average molecular weight is 471 g/mol. The van der Waals surface area contributed by atoms with Crippen LogP contribution >= 0.6 is 0 Å². The second kappa shape index (κ2) is 13.6. The van der Waals surface area contributed by atoms with Gasteiger partial charge in [0.15, 0.2) is 0 Å². The Morgan fingerprint density at radius 2 is 0.971 bits per heavy atom. The van der Waals surface area contributed by atoms with Crippen LogP contribution in [0.5, 0.6) is 11.5 Å². The van der Waals surface area contributed by atoms with Gasteiger partial charge in [0, 0.05) is 0 Å². The zero-order chi connectivity index (χ0) is 24.9. The standard InChI is InChI=1S/C28H38O6/c1-5-7-15-21-31-25(29)27(3,33-23-17-11-9-12-18-23)28(4,26(30)32-22-16-8-6-2)34-24-19-13-10-14-20-24/h9-14,17-20H,5-8,15-16,21-22H2,1-4H3. The molecule has 34 heavy (non-hydrogen) atoms. The van der Waals surface area contributed by atoms with Crippen molar-refractivity contribution in [2.24, 2.45) is 0 Å². The lowest BCUT2D eigenvalue weighted by Crippen LogP contribution is -2.67. The van der Waals surface area contributed by atoms with Crippen molar-refractivity contribution in [2.45, 2.75) is 77.4 Å². The van der Waals surface area contributed by atoms with Gasteiger partial charge in [-0.2, -0.15) is 0 Å². The first-order valence-corrected chi connectivity index (χ1v) is 12.2. The lowest BCUT2D eigenvalue weighted by molar-refractivity contribution is -0.197. The van der Waals surface area contributed by atoms with Gasteiger partial charge in [0.05, 0.1) is 13.2 Å². The molecule has 6 nitrogen and oxygen atoms in total. The predicted octanol–water partition coefficient (Wildman–Crippen LogP) is 6.13. The van der Waals surface area contributed by atoms with Gasteiger partial charge in [0.25, 0.3) is 11.2 Å². The van der Waals surface area contributed by atoms with Crippen molar-refractivity contribution in [1.82, 2.24) is 0 Å². The molecule has 0 spiro atoms. The molecule has 2 unspecified atom stereocenters. The molecule has 2 atom stereocenters. The number of hydrogen-bond donors (Lipinski definition) is 0. The lowest BCUT2D eigenvalue weighted by Gasteiger charge is -2.41. The molecule has 2 aromatic rings. The van der Waals surface area contributed by atoms with Gasteiger partial charge in [0.2, 0.25) is 0 Å². The molecule has 0 radical (unpaired) electrons. The van der Waals surface area contributed by atoms with Crippen LogP contribution in [0, 0.1) is 0 Å². The monoisotopic (exact) mass is 470 g/mol. The smallest absolute Gasteiger partial charge is 0.355 e. The van der Waals surface area contributed by atoms with Crippen molar-refractivity contribution < 1.29 is 28.5 Å². The van der Waals surface area contributed by atoms with Crippen LogP contribution in [-0.2, 0) is 19.1 Å². The van der Waals surface area contributed by atoms with Crippen LogP contribution in [0.2, 0.25) is 0 Å². The fourth-order valence-electron chi connectivity index (χ4n) is 3.43. The highest BCUT2D eigenvalue weighted by Crippen LogP contribution is 2.35. The molecule has 0 aliphatic heterocycles. The molecular weight excluding hydrogens is 432 g/mol. The Balaban J connectivity index is 2.44. The van der Waals surface area contributed by atoms with Gasteiger partial charge < -0.3 is 18.9 Å². The van der Waals surface area contributed by atoms with E-state index in [-0.39, 0.29) is 13.2 Å². The number of esters is 2. The molecule has 0 saturated heterocycles. The number of benzene rings is 2. The summed E-state index contributed by atoms with van der Waals surface area (Å²) in [6.45, 7) is 7.66. The topological polar surface area (TPSA) is 71.1 Å². The van der Waals surface area contributed by atoms with Gasteiger partial charge >= 0.3 is 11.9 Å². The zero-order valence-corrected chi connectivity index (χ0v) is 20.9. The Labute approximate surface area is 203 Å². The van der Waals surface area contributed by atoms with E-state index in [1.54, 1.807) is 48.5 Å². The molecule has 0 amide bonds. The Morgan fingerprint density at radius 1 is 0.618 bits per heavy atom. The summed E-state index contributed by atoms with van der Waals surface area (Å²) in [6.07, 6.45) is 5.30. The summed E-state index contributed by atoms with van der Waals surface area (Å²) in [4.78, 5) is 27.0. The minimum atomic E-state index is -1.82. The molecule has 0 saturated carbocycles. The molecular formula is C28H38O6. The van der Waals surface area contributed by atoms with E-state index in [0.29, 0.717) is 11.5 Å². The van der Waals surface area contributed by atoms with Crippen LogP contribution in [-0.4, -0.2) is 36.4 Å². The van der Waals surface area contributed by atoms with E-state index >= 15 is 0 Å². The number of hydrogen-bond acceptors (Lipinski definition) is 6. The number of para-hydroxylation sites is 2. The molecule has 0 aliphatic rings. The van der Waals surface area contributed by atoms with Crippen LogP contribution < -0.4 is 9.47 Å². The maximum atomic E-state index is 13.5. The van der Waals surface area contributed by atoms with Crippen molar-refractivity contribution in [3.05, 3.63) is 60.7 Å². The largest absolute Gasteiger partial charge is 0.471 e. The third-order valence-electron chi connectivity index (χ3n) is 5.78. The summed E-state index contributed by atoms with van der Waals surface area (Å²) < 4.78 is 23.6. The van der Waals surface area contributed by atoms with Crippen molar-refractivity contribution >= 4 is 11.9 Å². The van der Waals surface area contributed by atoms with E-state index in [9.17, 15) is 9.59 Å². The molecule has 6 heteroatoms. The van der Waals surface area contributed by atoms with E-state index in [2.05, 4.69) is 13.8 Å². The number of carbonyl (C=O) groups excluding carboxylic acids is 2. The molecule has 0 aromatic heterocycles. The van der Waals surface area contributed by atoms with Gasteiger partial charge in [-0.05, 0) is 51.0 Å². The van der Waals surface area contributed by atoms with Crippen LogP contribution in [0.25, 0.3) is 0 Å². The van der Waals surface area contributed by atoms with Crippen molar-refractivity contribution in [3.63, 3.8) is 0 Å². The van der Waals surface area contributed by atoms with Gasteiger partial charge in [-0.3, -0.25) is 0 Å². The van der Waals surface area contributed by atoms with E-state index in [0.717, 1.165) is 38.5 Å². The number of rotatable bonds is 15. The quantitative estimate of drug-likeness (QED) is 0.230. The molecule has 2 aromatic carbocycles. The average Bonchev–Trinajstić information content (AvgIpc) is 2.85. The van der Waals surface area contributed by atoms with Gasteiger partial charge in [-0.15, -0.1) is 0 Å². The van der Waals surface area contributed by atoms with Crippen LogP contribution in [0.1, 0.15) is 66.2 Å². The summed E-state index contributed by atoms with van der Waals surface area (Å²) in [5.74, 6) is -0.540. The Hall–Kier alpha value is -3.02. The predicted molar refractivity (Wildman–Crippen MR) is 132 cm³/mol. The molecule has 2 rings (SSSR count). The van der Waals surface area contributed by atoms with Crippen LogP contribution in [0.4, 0.5) is 0 Å². The summed E-state index contributed by atoms with van der Waals surface area (Å²) in [5, 5.41) is 0. The highest BCUT2D eigenvalue weighted by Gasteiger charge is 2.62. The van der Waals surface area contributed by atoms with Gasteiger partial charge in [-0.25, -0.2) is 9.59 Å². The lowest BCUT2D eigenvalue weighted by atomic mass is 9.84. The zero-order valence-electron chi connectivity index (χ0n) is 20.9. The van der Waals surface area contributed by atoms with Gasteiger partial charge in [0.1, 0.15) is 11.5 Å². The molecule has 186 valence electrons. The first-order chi connectivity index (χ1) is 16.4. The maximum Gasteiger partial charge on any atom is 0.355 e. The van der Waals surface area contributed by atoms with E-state index < -0.39 is 23.1 Å². The highest BCUT2D eigenvalue weighted by atomic mass is 16.6. The third-order valence-corrected chi connectivity index (χ3v) is 5.78. The highest BCUT2D eigenvalue weighted by molar-refractivity contribution is 5.93. The van der Waals surface area contributed by atoms with E-state index in [1.165, 1.54) is 13.8 Å². The fourth-order valence-corrected chi connectivity index (χ4v) is 3.43. The van der Waals surface area contributed by atoms with Crippen molar-refractivity contribution in [3.8, 4) is 11.5 Å². The first kappa shape index (κ1) is 27.2. The number of carbonyl (C=O) groups is 2. The summed E-state index contributed by atoms with van der Waals surface area (Å²) >= 11 is 0. The van der Waals surface area contributed by atoms with Crippen molar-refractivity contribution in [1.29, 1.82) is 0 Å². The SMILES string of the molecule is CCCCCOC(=O)C(C)(Oc1ccccc1)C(C)(Oc1ccccc1)C(=O)OCCCCC. The fraction of sp³-hybridized carbons (Fsp3) is 0.500. The summed E-state index contributed by atoms with van der Waals surface area (Å²) in [5.41, 5.74) is -3.64. The Kier molecular flexibility index (Phi) is 10.9. The Morgan fingerprint density at radius 3 is 1.29 bits per heavy atom. The number of unbranched alkanes of at least 4 members (excludes halogenated alkanes) is 4. The third kappa shape index (κ3) is 7.24. The second-order valence-corrected chi connectivity index (χ2v) is 8.58. The van der Waals surface area contributed by atoms with Gasteiger partial charge in [-0.1, -0.05) is 75.9 Å². The maximum absolute atomic E-state index is 13.5. The molecule has 0 fully saturated rings. The minimum absolute atomic E-state index is 0.230. The summed E-state index contributed by atoms with van der Waals surface area (Å²) in [6, 6.07) is 17.7. The molecule has 0 bridgehead atoms. The Bertz CT molecular complexity index is 795. The van der Waals surface area contributed by atoms with E-state index in [1.807, 2.05) is 12.1 Å². The second-order valence-electron chi connectivity index (χ2n) is 8.58. The van der Waals surface area contributed by atoms with Crippen molar-refractivity contribution in [2.75, 3.05) is 13.2 Å². The van der Waals surface area contributed by atoms with E-state index in [4.69, 9.17) is 18.9 Å². The summed E-state index contributed by atoms with van der Waals surface area (Å²) in [7, 11) is 0. The first-order valence-electron chi connectivity index (χ1n) is 12.2. The molecule has 0 aliphatic carbocycles. The van der Waals surface area contributed by atoms with Crippen LogP contribution in [0.3, 0.4) is 0 Å². The molecule has 0 heterocycles. The normalized spacial score (nSPS) is 14.4.